The van der Waals surface area contributed by atoms with Crippen LogP contribution in [0.4, 0.5) is 4.39 Å². The van der Waals surface area contributed by atoms with Gasteiger partial charge < -0.3 is 5.11 Å². The first-order valence-corrected chi connectivity index (χ1v) is 6.88. The van der Waals surface area contributed by atoms with Gasteiger partial charge in [-0.1, -0.05) is 33.6 Å². The highest BCUT2D eigenvalue weighted by atomic mass is 79.9. The van der Waals surface area contributed by atoms with Crippen LogP contribution in [0, 0.1) is 12.7 Å². The van der Waals surface area contributed by atoms with Crippen molar-refractivity contribution in [3.63, 3.8) is 0 Å². The molecule has 0 saturated heterocycles. The minimum absolute atomic E-state index is 0.319. The van der Waals surface area contributed by atoms with E-state index in [4.69, 9.17) is 11.6 Å². The smallest absolute Gasteiger partial charge is 0.132 e. The van der Waals surface area contributed by atoms with E-state index < -0.39 is 6.10 Å². The molecule has 2 rings (SSSR count). The van der Waals surface area contributed by atoms with E-state index >= 15 is 0 Å². The van der Waals surface area contributed by atoms with Gasteiger partial charge in [0.25, 0.3) is 0 Å². The Hall–Kier alpha value is -0.910. The molecule has 0 aliphatic carbocycles. The summed E-state index contributed by atoms with van der Waals surface area (Å²) in [6, 6.07) is 4.38. The number of aliphatic hydroxyl groups is 1. The van der Waals surface area contributed by atoms with Crippen LogP contribution in [0.15, 0.2) is 22.7 Å². The minimum atomic E-state index is -0.775. The van der Waals surface area contributed by atoms with E-state index in [1.54, 1.807) is 20.0 Å². The Kier molecular flexibility index (Phi) is 4.28. The molecule has 0 amide bonds. The number of rotatable bonds is 3. The monoisotopic (exact) mass is 346 g/mol. The Morgan fingerprint density at radius 2 is 2.21 bits per heavy atom. The van der Waals surface area contributed by atoms with E-state index in [1.807, 2.05) is 0 Å². The third-order valence-electron chi connectivity index (χ3n) is 2.96. The molecule has 1 aromatic heterocycles. The summed E-state index contributed by atoms with van der Waals surface area (Å²) in [5.74, 6) is -0.319. The standard InChI is InChI=1S/C13H13BrClFN2O/c1-7-12(13(15)18(2)17-7)11(19)5-8-3-4-9(16)6-10(8)14/h3-4,6,11,19H,5H2,1-2H3. The SMILES string of the molecule is Cc1nn(C)c(Cl)c1C(O)Cc1ccc(F)cc1Br. The number of halogens is 3. The van der Waals surface area contributed by atoms with E-state index in [9.17, 15) is 9.50 Å². The third-order valence-corrected chi connectivity index (χ3v) is 4.14. The average molecular weight is 348 g/mol. The number of aliphatic hydroxyl groups excluding tert-OH is 1. The van der Waals surface area contributed by atoms with Crippen LogP contribution in [0.1, 0.15) is 22.9 Å². The van der Waals surface area contributed by atoms with Crippen LogP contribution >= 0.6 is 27.5 Å². The van der Waals surface area contributed by atoms with Gasteiger partial charge in [0, 0.05) is 23.5 Å². The zero-order valence-corrected chi connectivity index (χ0v) is 12.8. The summed E-state index contributed by atoms with van der Waals surface area (Å²) >= 11 is 9.39. The number of aryl methyl sites for hydroxylation is 2. The highest BCUT2D eigenvalue weighted by Gasteiger charge is 2.20. The first kappa shape index (κ1) is 14.5. The van der Waals surface area contributed by atoms with Gasteiger partial charge in [-0.2, -0.15) is 5.10 Å². The predicted octanol–water partition coefficient (Wildman–Crippen LogP) is 3.56. The predicted molar refractivity (Wildman–Crippen MR) is 75.7 cm³/mol. The molecule has 1 aromatic carbocycles. The molecule has 1 N–H and O–H groups in total. The molecule has 1 atom stereocenters. The van der Waals surface area contributed by atoms with Crippen LogP contribution in [0.25, 0.3) is 0 Å². The van der Waals surface area contributed by atoms with E-state index in [0.717, 1.165) is 5.56 Å². The Bertz CT molecular complexity index is 615. The van der Waals surface area contributed by atoms with Crippen molar-refractivity contribution in [2.24, 2.45) is 7.05 Å². The van der Waals surface area contributed by atoms with Crippen LogP contribution in [-0.2, 0) is 13.5 Å². The van der Waals surface area contributed by atoms with Gasteiger partial charge in [0.15, 0.2) is 0 Å². The molecule has 19 heavy (non-hydrogen) atoms. The van der Waals surface area contributed by atoms with Crippen molar-refractivity contribution in [2.75, 3.05) is 0 Å². The number of benzene rings is 1. The van der Waals surface area contributed by atoms with Crippen molar-refractivity contribution in [1.82, 2.24) is 9.78 Å². The van der Waals surface area contributed by atoms with Crippen LogP contribution in [0.2, 0.25) is 5.15 Å². The Labute approximate surface area is 124 Å². The molecular formula is C13H13BrClFN2O. The molecule has 2 aromatic rings. The van der Waals surface area contributed by atoms with Crippen LogP contribution in [-0.4, -0.2) is 14.9 Å². The molecule has 0 saturated carbocycles. The highest BCUT2D eigenvalue weighted by Crippen LogP contribution is 2.30. The van der Waals surface area contributed by atoms with Crippen LogP contribution in [0.5, 0.6) is 0 Å². The average Bonchev–Trinajstić information content (AvgIpc) is 2.57. The van der Waals surface area contributed by atoms with Crippen molar-refractivity contribution in [3.05, 3.63) is 50.5 Å². The largest absolute Gasteiger partial charge is 0.388 e. The highest BCUT2D eigenvalue weighted by molar-refractivity contribution is 9.10. The summed E-state index contributed by atoms with van der Waals surface area (Å²) < 4.78 is 15.2. The molecule has 0 radical (unpaired) electrons. The zero-order chi connectivity index (χ0) is 14.2. The van der Waals surface area contributed by atoms with Gasteiger partial charge in [-0.25, -0.2) is 4.39 Å². The summed E-state index contributed by atoms with van der Waals surface area (Å²) in [5, 5.41) is 14.9. The molecule has 0 fully saturated rings. The maximum absolute atomic E-state index is 13.0. The molecule has 1 unspecified atom stereocenters. The number of nitrogens with zero attached hydrogens (tertiary/aromatic N) is 2. The Morgan fingerprint density at radius 1 is 1.53 bits per heavy atom. The maximum Gasteiger partial charge on any atom is 0.132 e. The lowest BCUT2D eigenvalue weighted by atomic mass is 10.0. The topological polar surface area (TPSA) is 38.0 Å². The molecule has 0 bridgehead atoms. The van der Waals surface area contributed by atoms with Gasteiger partial charge in [0.2, 0.25) is 0 Å². The van der Waals surface area contributed by atoms with E-state index in [1.165, 1.54) is 16.8 Å². The van der Waals surface area contributed by atoms with Crippen molar-refractivity contribution < 1.29 is 9.50 Å². The molecule has 0 aliphatic heterocycles. The molecule has 102 valence electrons. The molecule has 6 heteroatoms. The lowest BCUT2D eigenvalue weighted by Crippen LogP contribution is -2.04. The fourth-order valence-corrected chi connectivity index (χ4v) is 2.84. The summed E-state index contributed by atoms with van der Waals surface area (Å²) in [6.45, 7) is 1.80. The summed E-state index contributed by atoms with van der Waals surface area (Å²) in [6.07, 6.45) is -0.435. The second-order valence-electron chi connectivity index (χ2n) is 4.37. The van der Waals surface area contributed by atoms with Gasteiger partial charge >= 0.3 is 0 Å². The van der Waals surface area contributed by atoms with Gasteiger partial charge in [-0.15, -0.1) is 0 Å². The van der Waals surface area contributed by atoms with E-state index in [0.29, 0.717) is 27.3 Å². The number of aromatic nitrogens is 2. The number of hydrogen-bond acceptors (Lipinski definition) is 2. The van der Waals surface area contributed by atoms with E-state index in [2.05, 4.69) is 21.0 Å². The Morgan fingerprint density at radius 3 is 2.74 bits per heavy atom. The second kappa shape index (κ2) is 5.61. The first-order valence-electron chi connectivity index (χ1n) is 5.71. The fourth-order valence-electron chi connectivity index (χ4n) is 2.02. The van der Waals surface area contributed by atoms with Gasteiger partial charge in [-0.05, 0) is 24.6 Å². The zero-order valence-electron chi connectivity index (χ0n) is 10.5. The van der Waals surface area contributed by atoms with E-state index in [-0.39, 0.29) is 5.82 Å². The van der Waals surface area contributed by atoms with Gasteiger partial charge in [0.1, 0.15) is 11.0 Å². The molecular weight excluding hydrogens is 335 g/mol. The number of hydrogen-bond donors (Lipinski definition) is 1. The van der Waals surface area contributed by atoms with Crippen LogP contribution < -0.4 is 0 Å². The Balaban J connectivity index is 2.28. The summed E-state index contributed by atoms with van der Waals surface area (Å²) in [4.78, 5) is 0. The lowest BCUT2D eigenvalue weighted by Gasteiger charge is -2.12. The fraction of sp³-hybridized carbons (Fsp3) is 0.308. The minimum Gasteiger partial charge on any atom is -0.388 e. The van der Waals surface area contributed by atoms with Gasteiger partial charge in [0.05, 0.1) is 11.8 Å². The van der Waals surface area contributed by atoms with Crippen molar-refractivity contribution >= 4 is 27.5 Å². The van der Waals surface area contributed by atoms with Crippen molar-refractivity contribution in [1.29, 1.82) is 0 Å². The molecule has 3 nitrogen and oxygen atoms in total. The molecule has 0 spiro atoms. The molecule has 1 heterocycles. The third kappa shape index (κ3) is 2.99. The van der Waals surface area contributed by atoms with Crippen molar-refractivity contribution in [2.45, 2.75) is 19.4 Å². The maximum atomic E-state index is 13.0. The van der Waals surface area contributed by atoms with Crippen molar-refractivity contribution in [3.8, 4) is 0 Å². The first-order chi connectivity index (χ1) is 8.90. The quantitative estimate of drug-likeness (QED) is 0.922. The summed E-state index contributed by atoms with van der Waals surface area (Å²) in [5.41, 5.74) is 2.12. The van der Waals surface area contributed by atoms with Crippen LogP contribution in [0.3, 0.4) is 0 Å². The second-order valence-corrected chi connectivity index (χ2v) is 5.58. The normalized spacial score (nSPS) is 12.7. The van der Waals surface area contributed by atoms with Gasteiger partial charge in [-0.3, -0.25) is 4.68 Å². The molecule has 0 aliphatic rings. The summed E-state index contributed by atoms with van der Waals surface area (Å²) in [7, 11) is 1.72. The lowest BCUT2D eigenvalue weighted by molar-refractivity contribution is 0.177.